The average Bonchev–Trinajstić information content (AvgIpc) is 2.82. The molecule has 0 saturated carbocycles. The molecule has 0 spiro atoms. The first-order valence-electron chi connectivity index (χ1n) is 5.62. The zero-order chi connectivity index (χ0) is 14.1. The molecule has 0 radical (unpaired) electrons. The molecular formula is C11H13N5O2S. The Hall–Kier alpha value is -2.06. The molecule has 0 aliphatic heterocycles. The standard InChI is InChI=1S/C11H13N5O2S/c1-9-14-15-11(18-9)19-8-10(17)16(6-2-4-12)7-3-5-13/h2-3,6-8H2,1H3. The van der Waals surface area contributed by atoms with Gasteiger partial charge in [-0.25, -0.2) is 0 Å². The van der Waals surface area contributed by atoms with Crippen LogP contribution in [-0.4, -0.2) is 39.8 Å². The Morgan fingerprint density at radius 3 is 2.42 bits per heavy atom. The summed E-state index contributed by atoms with van der Waals surface area (Å²) in [5.74, 6) is 0.450. The fourth-order valence-corrected chi connectivity index (χ4v) is 1.99. The molecule has 1 aromatic heterocycles. The van der Waals surface area contributed by atoms with Crippen molar-refractivity contribution >= 4 is 17.7 Å². The molecule has 0 N–H and O–H groups in total. The SMILES string of the molecule is Cc1nnc(SCC(=O)N(CCC#N)CCC#N)o1. The first-order chi connectivity index (χ1) is 9.17. The number of carbonyl (C=O) groups is 1. The van der Waals surface area contributed by atoms with Crippen molar-refractivity contribution in [3.05, 3.63) is 5.89 Å². The fourth-order valence-electron chi connectivity index (χ4n) is 1.28. The van der Waals surface area contributed by atoms with Gasteiger partial charge in [-0.2, -0.15) is 10.5 Å². The number of thioether (sulfide) groups is 1. The van der Waals surface area contributed by atoms with Crippen molar-refractivity contribution in [3.8, 4) is 12.1 Å². The van der Waals surface area contributed by atoms with E-state index >= 15 is 0 Å². The minimum Gasteiger partial charge on any atom is -0.416 e. The highest BCUT2D eigenvalue weighted by molar-refractivity contribution is 7.99. The molecule has 1 aromatic rings. The summed E-state index contributed by atoms with van der Waals surface area (Å²) in [7, 11) is 0. The number of nitrogens with zero attached hydrogens (tertiary/aromatic N) is 5. The van der Waals surface area contributed by atoms with E-state index in [-0.39, 0.29) is 24.5 Å². The van der Waals surface area contributed by atoms with Crippen molar-refractivity contribution in [2.75, 3.05) is 18.8 Å². The Balaban J connectivity index is 2.46. The number of nitriles is 2. The maximum Gasteiger partial charge on any atom is 0.277 e. The lowest BCUT2D eigenvalue weighted by Gasteiger charge is -2.19. The van der Waals surface area contributed by atoms with E-state index in [0.717, 1.165) is 11.8 Å². The quantitative estimate of drug-likeness (QED) is 0.688. The smallest absolute Gasteiger partial charge is 0.277 e. The number of aromatic nitrogens is 2. The number of hydrogen-bond donors (Lipinski definition) is 0. The Morgan fingerprint density at radius 2 is 1.95 bits per heavy atom. The van der Waals surface area contributed by atoms with Crippen LogP contribution in [0.15, 0.2) is 9.64 Å². The summed E-state index contributed by atoms with van der Waals surface area (Å²) < 4.78 is 5.14. The van der Waals surface area contributed by atoms with Crippen LogP contribution >= 0.6 is 11.8 Å². The van der Waals surface area contributed by atoms with E-state index in [2.05, 4.69) is 10.2 Å². The number of hydrogen-bond acceptors (Lipinski definition) is 7. The van der Waals surface area contributed by atoms with Crippen LogP contribution in [0.3, 0.4) is 0 Å². The average molecular weight is 279 g/mol. The molecule has 19 heavy (non-hydrogen) atoms. The van der Waals surface area contributed by atoms with Crippen LogP contribution < -0.4 is 0 Å². The highest BCUT2D eigenvalue weighted by Crippen LogP contribution is 2.16. The summed E-state index contributed by atoms with van der Waals surface area (Å²) in [6.45, 7) is 2.34. The van der Waals surface area contributed by atoms with Crippen LogP contribution in [0.4, 0.5) is 0 Å². The number of rotatable bonds is 7. The molecule has 8 heteroatoms. The third kappa shape index (κ3) is 5.40. The van der Waals surface area contributed by atoms with E-state index in [1.165, 1.54) is 4.90 Å². The van der Waals surface area contributed by atoms with Gasteiger partial charge in [0, 0.05) is 20.0 Å². The maximum atomic E-state index is 11.9. The fraction of sp³-hybridized carbons (Fsp3) is 0.545. The van der Waals surface area contributed by atoms with Crippen LogP contribution in [0.1, 0.15) is 18.7 Å². The van der Waals surface area contributed by atoms with E-state index in [1.807, 2.05) is 12.1 Å². The van der Waals surface area contributed by atoms with Gasteiger partial charge in [0.15, 0.2) is 0 Å². The molecule has 1 amide bonds. The monoisotopic (exact) mass is 279 g/mol. The molecule has 0 aromatic carbocycles. The van der Waals surface area contributed by atoms with Crippen LogP contribution in [0.2, 0.25) is 0 Å². The highest BCUT2D eigenvalue weighted by atomic mass is 32.2. The van der Waals surface area contributed by atoms with Gasteiger partial charge < -0.3 is 9.32 Å². The molecule has 0 unspecified atom stereocenters. The van der Waals surface area contributed by atoms with Crippen molar-refractivity contribution in [2.45, 2.75) is 25.0 Å². The predicted octanol–water partition coefficient (Wildman–Crippen LogP) is 1.13. The summed E-state index contributed by atoms with van der Waals surface area (Å²) in [5.41, 5.74) is 0. The van der Waals surface area contributed by atoms with Crippen LogP contribution in [0.25, 0.3) is 0 Å². The van der Waals surface area contributed by atoms with Gasteiger partial charge in [-0.3, -0.25) is 4.79 Å². The molecule has 0 aliphatic carbocycles. The minimum absolute atomic E-state index is 0.147. The Morgan fingerprint density at radius 1 is 1.32 bits per heavy atom. The number of amides is 1. The van der Waals surface area contributed by atoms with E-state index in [0.29, 0.717) is 24.2 Å². The van der Waals surface area contributed by atoms with E-state index < -0.39 is 0 Å². The van der Waals surface area contributed by atoms with Gasteiger partial charge in [0.05, 0.1) is 30.7 Å². The Kier molecular flexibility index (Phi) is 6.41. The zero-order valence-electron chi connectivity index (χ0n) is 10.5. The van der Waals surface area contributed by atoms with Gasteiger partial charge in [-0.05, 0) is 0 Å². The molecule has 1 heterocycles. The van der Waals surface area contributed by atoms with Crippen molar-refractivity contribution in [1.29, 1.82) is 10.5 Å². The molecule has 1 rings (SSSR count). The summed E-state index contributed by atoms with van der Waals surface area (Å²) in [4.78, 5) is 13.4. The highest BCUT2D eigenvalue weighted by Gasteiger charge is 2.15. The van der Waals surface area contributed by atoms with Gasteiger partial charge in [0.25, 0.3) is 5.22 Å². The van der Waals surface area contributed by atoms with Crippen molar-refractivity contribution in [1.82, 2.24) is 15.1 Å². The van der Waals surface area contributed by atoms with Crippen LogP contribution in [-0.2, 0) is 4.79 Å². The lowest BCUT2D eigenvalue weighted by molar-refractivity contribution is -0.128. The third-order valence-electron chi connectivity index (χ3n) is 2.17. The second kappa shape index (κ2) is 8.11. The second-order valence-corrected chi connectivity index (χ2v) is 4.50. The summed E-state index contributed by atoms with van der Waals surface area (Å²) >= 11 is 1.15. The zero-order valence-corrected chi connectivity index (χ0v) is 11.3. The van der Waals surface area contributed by atoms with Gasteiger partial charge in [0.2, 0.25) is 11.8 Å². The molecule has 0 bridgehead atoms. The normalized spacial score (nSPS) is 9.63. The molecule has 0 aliphatic rings. The first-order valence-corrected chi connectivity index (χ1v) is 6.60. The summed E-state index contributed by atoms with van der Waals surface area (Å²) in [5, 5.41) is 24.9. The summed E-state index contributed by atoms with van der Waals surface area (Å²) in [6, 6.07) is 3.96. The van der Waals surface area contributed by atoms with E-state index in [4.69, 9.17) is 14.9 Å². The number of aryl methyl sites for hydroxylation is 1. The van der Waals surface area contributed by atoms with E-state index in [9.17, 15) is 4.79 Å². The lowest BCUT2D eigenvalue weighted by atomic mass is 10.3. The minimum atomic E-state index is -0.147. The van der Waals surface area contributed by atoms with E-state index in [1.54, 1.807) is 6.92 Å². The van der Waals surface area contributed by atoms with Gasteiger partial charge in [0.1, 0.15) is 0 Å². The Labute approximate surface area is 115 Å². The summed E-state index contributed by atoms with van der Waals surface area (Å²) in [6.07, 6.45) is 0.503. The second-order valence-electron chi connectivity index (χ2n) is 3.57. The van der Waals surface area contributed by atoms with Crippen molar-refractivity contribution in [2.24, 2.45) is 0 Å². The molecule has 0 fully saturated rings. The first kappa shape index (κ1) is 15.0. The molecule has 0 saturated heterocycles. The molecule has 7 nitrogen and oxygen atoms in total. The van der Waals surface area contributed by atoms with Crippen molar-refractivity contribution in [3.63, 3.8) is 0 Å². The number of carbonyl (C=O) groups excluding carboxylic acids is 1. The molecule has 100 valence electrons. The third-order valence-corrected chi connectivity index (χ3v) is 2.97. The van der Waals surface area contributed by atoms with Crippen molar-refractivity contribution < 1.29 is 9.21 Å². The Bertz CT molecular complexity index is 484. The van der Waals surface area contributed by atoms with Gasteiger partial charge in [-0.1, -0.05) is 11.8 Å². The van der Waals surface area contributed by atoms with Crippen LogP contribution in [0, 0.1) is 29.6 Å². The maximum absolute atomic E-state index is 11.9. The van der Waals surface area contributed by atoms with Gasteiger partial charge in [-0.15, -0.1) is 10.2 Å². The van der Waals surface area contributed by atoms with Crippen LogP contribution in [0.5, 0.6) is 0 Å². The lowest BCUT2D eigenvalue weighted by Crippen LogP contribution is -2.34. The largest absolute Gasteiger partial charge is 0.416 e. The predicted molar refractivity (Wildman–Crippen MR) is 66.8 cm³/mol. The topological polar surface area (TPSA) is 107 Å². The molecular weight excluding hydrogens is 266 g/mol. The molecule has 0 atom stereocenters. The van der Waals surface area contributed by atoms with Gasteiger partial charge >= 0.3 is 0 Å².